The molecule has 2 rings (SSSR count). The number of carbonyl (C=O) groups is 2. The molecular formula is C16H19N3O4. The number of ether oxygens (including phenoxy) is 2. The molecular weight excluding hydrogens is 298 g/mol. The predicted molar refractivity (Wildman–Crippen MR) is 84.4 cm³/mol. The predicted octanol–water partition coefficient (Wildman–Crippen LogP) is 1.66. The first-order chi connectivity index (χ1) is 11.0. The zero-order valence-corrected chi connectivity index (χ0v) is 13.3. The average Bonchev–Trinajstić information content (AvgIpc) is 2.84. The molecule has 0 spiro atoms. The molecule has 2 N–H and O–H groups in total. The van der Waals surface area contributed by atoms with E-state index in [0.29, 0.717) is 17.1 Å². The van der Waals surface area contributed by atoms with Crippen molar-refractivity contribution in [2.45, 2.75) is 20.3 Å². The fraction of sp³-hybridized carbons (Fsp3) is 0.312. The molecule has 7 nitrogen and oxygen atoms in total. The molecule has 0 aliphatic rings. The Kier molecular flexibility index (Phi) is 5.00. The normalized spacial score (nSPS) is 10.4. The van der Waals surface area contributed by atoms with E-state index >= 15 is 0 Å². The third-order valence-corrected chi connectivity index (χ3v) is 3.39. The molecule has 0 amide bonds. The minimum Gasteiger partial charge on any atom is -0.469 e. The van der Waals surface area contributed by atoms with E-state index in [0.717, 1.165) is 5.56 Å². The number of carbonyl (C=O) groups excluding carboxylic acids is 2. The van der Waals surface area contributed by atoms with E-state index in [4.69, 9.17) is 10.5 Å². The van der Waals surface area contributed by atoms with Crippen LogP contribution in [0, 0.1) is 6.92 Å². The summed E-state index contributed by atoms with van der Waals surface area (Å²) in [6.07, 6.45) is 0.193. The Morgan fingerprint density at radius 1 is 1.26 bits per heavy atom. The molecule has 0 aliphatic heterocycles. The lowest BCUT2D eigenvalue weighted by atomic mass is 10.1. The summed E-state index contributed by atoms with van der Waals surface area (Å²) >= 11 is 0. The Balaban J connectivity index is 2.30. The first-order valence-corrected chi connectivity index (χ1v) is 7.16. The maximum absolute atomic E-state index is 11.9. The molecule has 2 aromatic rings. The van der Waals surface area contributed by atoms with E-state index in [9.17, 15) is 9.59 Å². The molecule has 0 radical (unpaired) electrons. The van der Waals surface area contributed by atoms with E-state index in [1.807, 2.05) is 0 Å². The zero-order valence-electron chi connectivity index (χ0n) is 13.3. The van der Waals surface area contributed by atoms with E-state index in [-0.39, 0.29) is 24.7 Å². The highest BCUT2D eigenvalue weighted by Gasteiger charge is 2.20. The van der Waals surface area contributed by atoms with Gasteiger partial charge >= 0.3 is 11.9 Å². The summed E-state index contributed by atoms with van der Waals surface area (Å²) in [7, 11) is 1.35. The molecule has 23 heavy (non-hydrogen) atoms. The minimum atomic E-state index is -0.502. The lowest BCUT2D eigenvalue weighted by Gasteiger charge is -2.05. The number of rotatable bonds is 5. The van der Waals surface area contributed by atoms with Gasteiger partial charge < -0.3 is 15.2 Å². The van der Waals surface area contributed by atoms with Crippen molar-refractivity contribution in [3.63, 3.8) is 0 Å². The van der Waals surface area contributed by atoms with Crippen LogP contribution in [0.15, 0.2) is 24.3 Å². The highest BCUT2D eigenvalue weighted by molar-refractivity contribution is 5.90. The number of aromatic nitrogens is 2. The standard InChI is InChI=1S/C16H19N3O4/c1-4-23-16(21)14-10(2)15(17)19(18-14)12-7-5-11(6-8-12)9-13(20)22-3/h5-8H,4,9,17H2,1-3H3. The van der Waals surface area contributed by atoms with Crippen molar-refractivity contribution >= 4 is 17.8 Å². The Hall–Kier alpha value is -2.83. The van der Waals surface area contributed by atoms with Crippen molar-refractivity contribution in [1.29, 1.82) is 0 Å². The second-order valence-corrected chi connectivity index (χ2v) is 4.91. The van der Waals surface area contributed by atoms with Gasteiger partial charge in [0.15, 0.2) is 5.69 Å². The van der Waals surface area contributed by atoms with Crippen molar-refractivity contribution < 1.29 is 19.1 Å². The third kappa shape index (κ3) is 3.50. The number of anilines is 1. The first-order valence-electron chi connectivity index (χ1n) is 7.16. The van der Waals surface area contributed by atoms with Gasteiger partial charge in [-0.25, -0.2) is 9.48 Å². The van der Waals surface area contributed by atoms with Gasteiger partial charge in [0.05, 0.1) is 25.8 Å². The lowest BCUT2D eigenvalue weighted by Crippen LogP contribution is -2.08. The summed E-state index contributed by atoms with van der Waals surface area (Å²) in [5.41, 5.74) is 8.30. The Morgan fingerprint density at radius 2 is 1.91 bits per heavy atom. The molecule has 0 fully saturated rings. The quantitative estimate of drug-likeness (QED) is 0.842. The second kappa shape index (κ2) is 6.95. The Labute approximate surface area is 134 Å². The molecule has 0 saturated heterocycles. The van der Waals surface area contributed by atoms with Crippen LogP contribution in [0.5, 0.6) is 0 Å². The molecule has 1 aromatic heterocycles. The highest BCUT2D eigenvalue weighted by Crippen LogP contribution is 2.21. The van der Waals surface area contributed by atoms with Crippen molar-refractivity contribution in [2.75, 3.05) is 19.5 Å². The van der Waals surface area contributed by atoms with Crippen LogP contribution >= 0.6 is 0 Å². The van der Waals surface area contributed by atoms with Crippen LogP contribution in [-0.4, -0.2) is 35.4 Å². The van der Waals surface area contributed by atoms with Gasteiger partial charge in [-0.05, 0) is 31.5 Å². The van der Waals surface area contributed by atoms with Crippen LogP contribution in [0.2, 0.25) is 0 Å². The number of nitrogen functional groups attached to an aromatic ring is 1. The Morgan fingerprint density at radius 3 is 2.48 bits per heavy atom. The average molecular weight is 317 g/mol. The van der Waals surface area contributed by atoms with E-state index in [1.165, 1.54) is 11.8 Å². The largest absolute Gasteiger partial charge is 0.469 e. The maximum atomic E-state index is 11.9. The number of methoxy groups -OCH3 is 1. The summed E-state index contributed by atoms with van der Waals surface area (Å²) in [4.78, 5) is 23.1. The molecule has 1 aromatic carbocycles. The molecule has 0 saturated carbocycles. The number of nitrogens with zero attached hydrogens (tertiary/aromatic N) is 2. The summed E-state index contributed by atoms with van der Waals surface area (Å²) in [5, 5.41) is 4.23. The lowest BCUT2D eigenvalue weighted by molar-refractivity contribution is -0.139. The van der Waals surface area contributed by atoms with E-state index in [2.05, 4.69) is 9.84 Å². The smallest absolute Gasteiger partial charge is 0.359 e. The fourth-order valence-electron chi connectivity index (χ4n) is 2.09. The van der Waals surface area contributed by atoms with Gasteiger partial charge in [-0.15, -0.1) is 0 Å². The number of hydrogen-bond donors (Lipinski definition) is 1. The molecule has 122 valence electrons. The summed E-state index contributed by atoms with van der Waals surface area (Å²) in [6.45, 7) is 3.72. The zero-order chi connectivity index (χ0) is 17.0. The minimum absolute atomic E-state index is 0.193. The monoisotopic (exact) mass is 317 g/mol. The number of hydrogen-bond acceptors (Lipinski definition) is 6. The Bertz CT molecular complexity index is 720. The molecule has 0 aliphatic carbocycles. The summed E-state index contributed by atoms with van der Waals surface area (Å²) < 4.78 is 11.1. The van der Waals surface area contributed by atoms with Gasteiger partial charge in [-0.1, -0.05) is 12.1 Å². The van der Waals surface area contributed by atoms with E-state index in [1.54, 1.807) is 38.1 Å². The van der Waals surface area contributed by atoms with Gasteiger partial charge in [0.1, 0.15) is 5.82 Å². The highest BCUT2D eigenvalue weighted by atomic mass is 16.5. The number of nitrogens with two attached hydrogens (primary N) is 1. The van der Waals surface area contributed by atoms with Crippen molar-refractivity contribution in [1.82, 2.24) is 9.78 Å². The topological polar surface area (TPSA) is 96.4 Å². The number of benzene rings is 1. The van der Waals surface area contributed by atoms with Crippen LogP contribution < -0.4 is 5.73 Å². The molecule has 1 heterocycles. The fourth-order valence-corrected chi connectivity index (χ4v) is 2.09. The SMILES string of the molecule is CCOC(=O)c1nn(-c2ccc(CC(=O)OC)cc2)c(N)c1C. The second-order valence-electron chi connectivity index (χ2n) is 4.91. The summed E-state index contributed by atoms with van der Waals surface area (Å²) in [5.74, 6) is -0.441. The van der Waals surface area contributed by atoms with Gasteiger partial charge in [0.2, 0.25) is 0 Å². The van der Waals surface area contributed by atoms with Gasteiger partial charge in [0.25, 0.3) is 0 Å². The van der Waals surface area contributed by atoms with Crippen LogP contribution in [0.1, 0.15) is 28.5 Å². The van der Waals surface area contributed by atoms with Crippen LogP contribution in [0.25, 0.3) is 5.69 Å². The number of esters is 2. The third-order valence-electron chi connectivity index (χ3n) is 3.39. The first kappa shape index (κ1) is 16.5. The van der Waals surface area contributed by atoms with Crippen LogP contribution in [0.4, 0.5) is 5.82 Å². The van der Waals surface area contributed by atoms with Crippen molar-refractivity contribution in [3.05, 3.63) is 41.1 Å². The van der Waals surface area contributed by atoms with Crippen molar-refractivity contribution in [3.8, 4) is 5.69 Å². The van der Waals surface area contributed by atoms with Gasteiger partial charge in [0, 0.05) is 5.56 Å². The van der Waals surface area contributed by atoms with Gasteiger partial charge in [-0.3, -0.25) is 4.79 Å². The molecule has 0 unspecified atom stereocenters. The summed E-state index contributed by atoms with van der Waals surface area (Å²) in [6, 6.07) is 7.12. The molecule has 0 atom stereocenters. The maximum Gasteiger partial charge on any atom is 0.359 e. The van der Waals surface area contributed by atoms with Gasteiger partial charge in [-0.2, -0.15) is 5.10 Å². The molecule has 7 heteroatoms. The van der Waals surface area contributed by atoms with Crippen LogP contribution in [-0.2, 0) is 20.7 Å². The molecule has 0 bridgehead atoms. The van der Waals surface area contributed by atoms with Crippen molar-refractivity contribution in [2.24, 2.45) is 0 Å². The van der Waals surface area contributed by atoms with E-state index < -0.39 is 5.97 Å². The van der Waals surface area contributed by atoms with Crippen LogP contribution in [0.3, 0.4) is 0 Å².